The number of hydrogen-bond donors (Lipinski definition) is 0. The summed E-state index contributed by atoms with van der Waals surface area (Å²) in [5, 5.41) is 0. The third-order valence-corrected chi connectivity index (χ3v) is 6.21. The Balaban J connectivity index is 2.30. The van der Waals surface area contributed by atoms with E-state index >= 15 is 0 Å². The third kappa shape index (κ3) is 4.29. The maximum absolute atomic E-state index is 13.0. The molecular formula is C16H22BrNO5S. The van der Waals surface area contributed by atoms with Gasteiger partial charge in [0, 0.05) is 17.6 Å². The zero-order valence-corrected chi connectivity index (χ0v) is 16.2. The molecule has 0 saturated carbocycles. The van der Waals surface area contributed by atoms with Crippen molar-refractivity contribution < 1.29 is 22.7 Å². The van der Waals surface area contributed by atoms with Gasteiger partial charge in [0.1, 0.15) is 10.6 Å². The molecular weight excluding hydrogens is 398 g/mol. The summed E-state index contributed by atoms with van der Waals surface area (Å²) in [7, 11) is -3.75. The highest BCUT2D eigenvalue weighted by atomic mass is 79.9. The van der Waals surface area contributed by atoms with Crippen LogP contribution in [0.1, 0.15) is 26.7 Å². The quantitative estimate of drug-likeness (QED) is 0.662. The van der Waals surface area contributed by atoms with Crippen molar-refractivity contribution in [2.45, 2.75) is 31.6 Å². The number of rotatable bonds is 6. The summed E-state index contributed by atoms with van der Waals surface area (Å²) in [5.41, 5.74) is 0. The summed E-state index contributed by atoms with van der Waals surface area (Å²) in [6.45, 7) is 4.73. The molecule has 134 valence electrons. The summed E-state index contributed by atoms with van der Waals surface area (Å²) < 4.78 is 38.6. The summed E-state index contributed by atoms with van der Waals surface area (Å²) in [6.07, 6.45) is 1.27. The van der Waals surface area contributed by atoms with Crippen LogP contribution in [-0.4, -0.2) is 45.0 Å². The van der Waals surface area contributed by atoms with Gasteiger partial charge < -0.3 is 9.47 Å². The van der Waals surface area contributed by atoms with Crippen LogP contribution in [-0.2, 0) is 19.6 Å². The lowest BCUT2D eigenvalue weighted by molar-refractivity contribution is -0.149. The van der Waals surface area contributed by atoms with Gasteiger partial charge in [0.2, 0.25) is 10.0 Å². The van der Waals surface area contributed by atoms with Gasteiger partial charge in [-0.15, -0.1) is 0 Å². The SMILES string of the molecule is CCOC(=O)[C@H]1CCCN(S(=O)(=O)c2cc(Br)ccc2OCC)C1. The van der Waals surface area contributed by atoms with Crippen molar-refractivity contribution in [3.05, 3.63) is 22.7 Å². The maximum Gasteiger partial charge on any atom is 0.310 e. The van der Waals surface area contributed by atoms with Crippen molar-refractivity contribution in [1.29, 1.82) is 0 Å². The van der Waals surface area contributed by atoms with Crippen molar-refractivity contribution in [2.75, 3.05) is 26.3 Å². The Labute approximate surface area is 151 Å². The van der Waals surface area contributed by atoms with Crippen LogP contribution in [0.15, 0.2) is 27.6 Å². The molecule has 1 fully saturated rings. The van der Waals surface area contributed by atoms with Crippen LogP contribution in [0.25, 0.3) is 0 Å². The number of benzene rings is 1. The van der Waals surface area contributed by atoms with Crippen LogP contribution >= 0.6 is 15.9 Å². The van der Waals surface area contributed by atoms with Gasteiger partial charge in [0.15, 0.2) is 0 Å². The summed E-state index contributed by atoms with van der Waals surface area (Å²) in [6, 6.07) is 4.91. The Bertz CT molecular complexity index is 692. The minimum Gasteiger partial charge on any atom is -0.492 e. The Morgan fingerprint density at radius 3 is 2.75 bits per heavy atom. The fourth-order valence-corrected chi connectivity index (χ4v) is 4.90. The first kappa shape index (κ1) is 19.2. The van der Waals surface area contributed by atoms with E-state index in [1.807, 2.05) is 0 Å². The molecule has 1 aliphatic heterocycles. The molecule has 24 heavy (non-hydrogen) atoms. The molecule has 0 radical (unpaired) electrons. The second-order valence-corrected chi connectivity index (χ2v) is 8.30. The van der Waals surface area contributed by atoms with E-state index in [9.17, 15) is 13.2 Å². The molecule has 0 N–H and O–H groups in total. The average Bonchev–Trinajstić information content (AvgIpc) is 2.57. The first-order chi connectivity index (χ1) is 11.4. The van der Waals surface area contributed by atoms with E-state index in [1.54, 1.807) is 26.0 Å². The average molecular weight is 420 g/mol. The molecule has 1 aromatic rings. The smallest absolute Gasteiger partial charge is 0.310 e. The number of carbonyl (C=O) groups is 1. The molecule has 6 nitrogen and oxygen atoms in total. The van der Waals surface area contributed by atoms with E-state index in [1.165, 1.54) is 10.4 Å². The van der Waals surface area contributed by atoms with Gasteiger partial charge in [-0.2, -0.15) is 4.31 Å². The van der Waals surface area contributed by atoms with Gasteiger partial charge in [-0.3, -0.25) is 4.79 Å². The second-order valence-electron chi connectivity index (χ2n) is 5.48. The third-order valence-electron chi connectivity index (χ3n) is 3.83. The van der Waals surface area contributed by atoms with E-state index in [0.717, 1.165) is 0 Å². The predicted octanol–water partition coefficient (Wildman–Crippen LogP) is 2.81. The minimum atomic E-state index is -3.75. The van der Waals surface area contributed by atoms with E-state index in [4.69, 9.17) is 9.47 Å². The number of ether oxygens (including phenoxy) is 2. The van der Waals surface area contributed by atoms with Crippen LogP contribution in [0.5, 0.6) is 5.75 Å². The summed E-state index contributed by atoms with van der Waals surface area (Å²) >= 11 is 3.31. The van der Waals surface area contributed by atoms with Crippen LogP contribution in [0.3, 0.4) is 0 Å². The van der Waals surface area contributed by atoms with Crippen LogP contribution in [0, 0.1) is 5.92 Å². The van der Waals surface area contributed by atoms with Gasteiger partial charge in [0.25, 0.3) is 0 Å². The Hall–Kier alpha value is -1.12. The number of piperidine rings is 1. The monoisotopic (exact) mass is 419 g/mol. The molecule has 1 atom stereocenters. The second kappa shape index (κ2) is 8.31. The zero-order valence-electron chi connectivity index (χ0n) is 13.8. The lowest BCUT2D eigenvalue weighted by Crippen LogP contribution is -2.42. The first-order valence-electron chi connectivity index (χ1n) is 7.99. The number of esters is 1. The van der Waals surface area contributed by atoms with E-state index < -0.39 is 15.9 Å². The number of hydrogen-bond acceptors (Lipinski definition) is 5. The highest BCUT2D eigenvalue weighted by molar-refractivity contribution is 9.10. The molecule has 1 saturated heterocycles. The molecule has 0 amide bonds. The Kier molecular flexibility index (Phi) is 6.65. The van der Waals surface area contributed by atoms with Crippen molar-refractivity contribution in [2.24, 2.45) is 5.92 Å². The van der Waals surface area contributed by atoms with Crippen molar-refractivity contribution >= 4 is 31.9 Å². The lowest BCUT2D eigenvalue weighted by Gasteiger charge is -2.31. The minimum absolute atomic E-state index is 0.114. The molecule has 0 aliphatic carbocycles. The first-order valence-corrected chi connectivity index (χ1v) is 10.2. The molecule has 0 spiro atoms. The van der Waals surface area contributed by atoms with Gasteiger partial charge in [-0.1, -0.05) is 15.9 Å². The molecule has 2 rings (SSSR count). The lowest BCUT2D eigenvalue weighted by atomic mass is 10.0. The van der Waals surface area contributed by atoms with Crippen LogP contribution in [0.4, 0.5) is 0 Å². The largest absolute Gasteiger partial charge is 0.492 e. The molecule has 0 unspecified atom stereocenters. The van der Waals surface area contributed by atoms with Crippen LogP contribution in [0.2, 0.25) is 0 Å². The highest BCUT2D eigenvalue weighted by Crippen LogP contribution is 2.32. The van der Waals surface area contributed by atoms with Gasteiger partial charge in [-0.05, 0) is 44.9 Å². The number of nitrogens with zero attached hydrogens (tertiary/aromatic N) is 1. The number of sulfonamides is 1. The van der Waals surface area contributed by atoms with Gasteiger partial charge >= 0.3 is 5.97 Å². The maximum atomic E-state index is 13.0. The highest BCUT2D eigenvalue weighted by Gasteiger charge is 2.35. The molecule has 0 bridgehead atoms. The molecule has 8 heteroatoms. The fourth-order valence-electron chi connectivity index (χ4n) is 2.71. The fraction of sp³-hybridized carbons (Fsp3) is 0.562. The Morgan fingerprint density at radius 1 is 1.33 bits per heavy atom. The molecule has 1 aliphatic rings. The predicted molar refractivity (Wildman–Crippen MR) is 93.4 cm³/mol. The van der Waals surface area contributed by atoms with E-state index in [2.05, 4.69) is 15.9 Å². The number of carbonyl (C=O) groups excluding carboxylic acids is 1. The van der Waals surface area contributed by atoms with Crippen LogP contribution < -0.4 is 4.74 Å². The van der Waals surface area contributed by atoms with E-state index in [0.29, 0.717) is 42.8 Å². The summed E-state index contributed by atoms with van der Waals surface area (Å²) in [4.78, 5) is 12.1. The van der Waals surface area contributed by atoms with Crippen molar-refractivity contribution in [1.82, 2.24) is 4.31 Å². The topological polar surface area (TPSA) is 72.9 Å². The molecule has 1 aromatic carbocycles. The van der Waals surface area contributed by atoms with E-state index in [-0.39, 0.29) is 17.4 Å². The standard InChI is InChI=1S/C16H22BrNO5S/c1-3-22-14-8-7-13(17)10-15(14)24(20,21)18-9-5-6-12(11-18)16(19)23-4-2/h7-8,10,12H,3-6,9,11H2,1-2H3/t12-/m0/s1. The molecule has 0 aromatic heterocycles. The van der Waals surface area contributed by atoms with Crippen molar-refractivity contribution in [3.8, 4) is 5.75 Å². The normalized spacial score (nSPS) is 19.0. The molecule has 1 heterocycles. The summed E-state index contributed by atoms with van der Waals surface area (Å²) in [5.74, 6) is -0.438. The zero-order chi connectivity index (χ0) is 17.7. The van der Waals surface area contributed by atoms with Crippen molar-refractivity contribution in [3.63, 3.8) is 0 Å². The van der Waals surface area contributed by atoms with Gasteiger partial charge in [0.05, 0.1) is 19.1 Å². The van der Waals surface area contributed by atoms with Gasteiger partial charge in [-0.25, -0.2) is 8.42 Å². The number of halogens is 1. The Morgan fingerprint density at radius 2 is 2.08 bits per heavy atom.